The molecule has 4 nitrogen and oxygen atoms in total. The molecule has 27 heavy (non-hydrogen) atoms. The lowest BCUT2D eigenvalue weighted by Gasteiger charge is -2.00. The van der Waals surface area contributed by atoms with Crippen molar-refractivity contribution in [2.45, 2.75) is 6.42 Å². The third-order valence-corrected chi connectivity index (χ3v) is 6.09. The van der Waals surface area contributed by atoms with Gasteiger partial charge in [-0.05, 0) is 23.8 Å². The summed E-state index contributed by atoms with van der Waals surface area (Å²) in [6.07, 6.45) is 2.53. The molecule has 0 bridgehead atoms. The van der Waals surface area contributed by atoms with E-state index in [2.05, 4.69) is 16.0 Å². The SMILES string of the molecule is O=c1[nH]c(Cc2c[nH]c3ccccc23)nc2cc(-c3ccccc3Cl)sc12. The van der Waals surface area contributed by atoms with Gasteiger partial charge >= 0.3 is 0 Å². The average molecular weight is 392 g/mol. The highest BCUT2D eigenvalue weighted by Crippen LogP contribution is 2.35. The Kier molecular flexibility index (Phi) is 3.85. The minimum Gasteiger partial charge on any atom is -0.361 e. The number of halogens is 1. The van der Waals surface area contributed by atoms with Crippen LogP contribution in [0, 0.1) is 0 Å². The van der Waals surface area contributed by atoms with E-state index in [4.69, 9.17) is 16.6 Å². The van der Waals surface area contributed by atoms with E-state index in [1.165, 1.54) is 11.3 Å². The third kappa shape index (κ3) is 2.85. The van der Waals surface area contributed by atoms with Gasteiger partial charge in [-0.2, -0.15) is 0 Å². The van der Waals surface area contributed by atoms with Gasteiger partial charge in [-0.15, -0.1) is 11.3 Å². The summed E-state index contributed by atoms with van der Waals surface area (Å²) in [5.41, 5.74) is 3.69. The molecule has 0 saturated carbocycles. The summed E-state index contributed by atoms with van der Waals surface area (Å²) in [5, 5.41) is 1.81. The van der Waals surface area contributed by atoms with Crippen LogP contribution in [0.2, 0.25) is 5.02 Å². The van der Waals surface area contributed by atoms with E-state index in [-0.39, 0.29) is 5.56 Å². The zero-order chi connectivity index (χ0) is 18.4. The molecule has 132 valence electrons. The maximum Gasteiger partial charge on any atom is 0.268 e. The molecule has 0 aliphatic rings. The second-order valence-electron chi connectivity index (χ2n) is 6.35. The van der Waals surface area contributed by atoms with Crippen LogP contribution < -0.4 is 5.56 Å². The maximum absolute atomic E-state index is 12.6. The van der Waals surface area contributed by atoms with Crippen LogP contribution in [0.3, 0.4) is 0 Å². The Hall–Kier alpha value is -2.89. The van der Waals surface area contributed by atoms with Gasteiger partial charge in [-0.1, -0.05) is 48.0 Å². The van der Waals surface area contributed by atoms with Gasteiger partial charge in [0.15, 0.2) is 0 Å². The van der Waals surface area contributed by atoms with Gasteiger partial charge in [0.05, 0.1) is 5.52 Å². The minimum absolute atomic E-state index is 0.113. The summed E-state index contributed by atoms with van der Waals surface area (Å²) in [7, 11) is 0. The fraction of sp³-hybridized carbons (Fsp3) is 0.0476. The van der Waals surface area contributed by atoms with E-state index in [1.807, 2.05) is 54.7 Å². The number of benzene rings is 2. The lowest BCUT2D eigenvalue weighted by molar-refractivity contribution is 0.981. The van der Waals surface area contributed by atoms with Crippen LogP contribution >= 0.6 is 22.9 Å². The van der Waals surface area contributed by atoms with Gasteiger partial charge < -0.3 is 9.97 Å². The number of nitrogens with zero attached hydrogens (tertiary/aromatic N) is 1. The number of fused-ring (bicyclic) bond motifs is 2. The number of nitrogens with one attached hydrogen (secondary N) is 2. The summed E-state index contributed by atoms with van der Waals surface area (Å²) in [6.45, 7) is 0. The van der Waals surface area contributed by atoms with Crippen molar-refractivity contribution in [3.8, 4) is 10.4 Å². The van der Waals surface area contributed by atoms with Gasteiger partial charge in [0.2, 0.25) is 0 Å². The van der Waals surface area contributed by atoms with Gasteiger partial charge in [-0.3, -0.25) is 4.79 Å². The van der Waals surface area contributed by atoms with Crippen molar-refractivity contribution >= 4 is 44.1 Å². The Morgan fingerprint density at radius 1 is 1.07 bits per heavy atom. The number of rotatable bonds is 3. The molecule has 0 amide bonds. The number of aromatic nitrogens is 3. The van der Waals surface area contributed by atoms with Crippen LogP contribution in [0.25, 0.3) is 31.6 Å². The average Bonchev–Trinajstić information content (AvgIpc) is 3.27. The normalized spacial score (nSPS) is 11.4. The van der Waals surface area contributed by atoms with Crippen molar-refractivity contribution in [2.24, 2.45) is 0 Å². The Labute approximate surface area is 163 Å². The molecule has 0 radical (unpaired) electrons. The molecule has 5 aromatic rings. The molecule has 0 fully saturated rings. The zero-order valence-electron chi connectivity index (χ0n) is 14.1. The summed E-state index contributed by atoms with van der Waals surface area (Å²) in [6, 6.07) is 17.7. The monoisotopic (exact) mass is 391 g/mol. The van der Waals surface area contributed by atoms with Gasteiger partial charge in [0, 0.05) is 39.0 Å². The molecular weight excluding hydrogens is 378 g/mol. The quantitative estimate of drug-likeness (QED) is 0.434. The number of hydrogen-bond donors (Lipinski definition) is 2. The van der Waals surface area contributed by atoms with Gasteiger partial charge in [0.25, 0.3) is 5.56 Å². The van der Waals surface area contributed by atoms with Crippen LogP contribution in [0.1, 0.15) is 11.4 Å². The first kappa shape index (κ1) is 16.3. The zero-order valence-corrected chi connectivity index (χ0v) is 15.7. The van der Waals surface area contributed by atoms with Crippen molar-refractivity contribution in [2.75, 3.05) is 0 Å². The molecule has 0 unspecified atom stereocenters. The molecule has 3 aromatic heterocycles. The van der Waals surface area contributed by atoms with Crippen LogP contribution in [-0.2, 0) is 6.42 Å². The van der Waals surface area contributed by atoms with Crippen molar-refractivity contribution in [1.82, 2.24) is 15.0 Å². The van der Waals surface area contributed by atoms with E-state index >= 15 is 0 Å². The second-order valence-corrected chi connectivity index (χ2v) is 7.81. The molecule has 0 saturated heterocycles. The molecule has 3 heterocycles. The van der Waals surface area contributed by atoms with Gasteiger partial charge in [0.1, 0.15) is 10.5 Å². The van der Waals surface area contributed by atoms with Crippen molar-refractivity contribution in [3.63, 3.8) is 0 Å². The first-order valence-corrected chi connectivity index (χ1v) is 9.71. The van der Waals surface area contributed by atoms with Crippen LogP contribution in [0.5, 0.6) is 0 Å². The van der Waals surface area contributed by atoms with E-state index in [0.29, 0.717) is 27.5 Å². The van der Waals surface area contributed by atoms with Crippen LogP contribution in [0.4, 0.5) is 0 Å². The molecule has 5 rings (SSSR count). The fourth-order valence-corrected chi connectivity index (χ4v) is 4.65. The van der Waals surface area contributed by atoms with E-state index < -0.39 is 0 Å². The smallest absolute Gasteiger partial charge is 0.268 e. The lowest BCUT2D eigenvalue weighted by atomic mass is 10.1. The van der Waals surface area contributed by atoms with Crippen molar-refractivity contribution < 1.29 is 0 Å². The standard InChI is InChI=1S/C21H14ClN3OS/c22-15-7-3-1-6-14(15)18-10-17-20(27-18)21(26)25-19(24-17)9-12-11-23-16-8-4-2-5-13(12)16/h1-8,10-11,23H,9H2,(H,24,25,26). The predicted molar refractivity (Wildman–Crippen MR) is 112 cm³/mol. The fourth-order valence-electron chi connectivity index (χ4n) is 3.32. The number of hydrogen-bond acceptors (Lipinski definition) is 3. The molecule has 0 spiro atoms. The van der Waals surface area contributed by atoms with Crippen LogP contribution in [0.15, 0.2) is 65.6 Å². The van der Waals surface area contributed by atoms with Gasteiger partial charge in [-0.25, -0.2) is 4.98 Å². The summed E-state index contributed by atoms with van der Waals surface area (Å²) in [4.78, 5) is 24.4. The maximum atomic E-state index is 12.6. The second kappa shape index (κ2) is 6.37. The Bertz CT molecular complexity index is 1350. The van der Waals surface area contributed by atoms with E-state index in [9.17, 15) is 4.79 Å². The van der Waals surface area contributed by atoms with Crippen molar-refractivity contribution in [3.05, 3.63) is 87.6 Å². The third-order valence-electron chi connectivity index (χ3n) is 4.60. The first-order chi connectivity index (χ1) is 13.2. The largest absolute Gasteiger partial charge is 0.361 e. The number of para-hydroxylation sites is 1. The summed E-state index contributed by atoms with van der Waals surface area (Å²) >= 11 is 7.72. The topological polar surface area (TPSA) is 61.5 Å². The highest BCUT2D eigenvalue weighted by Gasteiger charge is 2.13. The van der Waals surface area contributed by atoms with E-state index in [0.717, 1.165) is 26.9 Å². The number of aromatic amines is 2. The minimum atomic E-state index is -0.113. The first-order valence-electron chi connectivity index (χ1n) is 8.52. The van der Waals surface area contributed by atoms with Crippen LogP contribution in [-0.4, -0.2) is 15.0 Å². The summed E-state index contributed by atoms with van der Waals surface area (Å²) in [5.74, 6) is 0.653. The molecule has 6 heteroatoms. The number of thiophene rings is 1. The Morgan fingerprint density at radius 3 is 2.78 bits per heavy atom. The number of H-pyrrole nitrogens is 2. The Morgan fingerprint density at radius 2 is 1.89 bits per heavy atom. The van der Waals surface area contributed by atoms with E-state index in [1.54, 1.807) is 0 Å². The molecule has 0 aliphatic heterocycles. The molecule has 2 N–H and O–H groups in total. The molecule has 0 aliphatic carbocycles. The molecule has 0 atom stereocenters. The summed E-state index contributed by atoms with van der Waals surface area (Å²) < 4.78 is 0.618. The molecule has 2 aromatic carbocycles. The predicted octanol–water partition coefficient (Wildman–Crippen LogP) is 5.38. The Balaban J connectivity index is 1.59. The highest BCUT2D eigenvalue weighted by atomic mass is 35.5. The van der Waals surface area contributed by atoms with Crippen molar-refractivity contribution in [1.29, 1.82) is 0 Å². The highest BCUT2D eigenvalue weighted by molar-refractivity contribution is 7.22. The lowest BCUT2D eigenvalue weighted by Crippen LogP contribution is -2.10. The molecular formula is C21H14ClN3OS.